The summed E-state index contributed by atoms with van der Waals surface area (Å²) < 4.78 is 6.16. The highest BCUT2D eigenvalue weighted by Crippen LogP contribution is 2.22. The summed E-state index contributed by atoms with van der Waals surface area (Å²) >= 11 is 0. The summed E-state index contributed by atoms with van der Waals surface area (Å²) in [6.07, 6.45) is 5.05. The molecular formula is C17H27N3O2. The van der Waals surface area contributed by atoms with E-state index >= 15 is 0 Å². The Kier molecular flexibility index (Phi) is 5.77. The van der Waals surface area contributed by atoms with Crippen molar-refractivity contribution in [3.05, 3.63) is 23.9 Å². The number of carbonyl (C=O) groups excluding carboxylic acids is 1. The summed E-state index contributed by atoms with van der Waals surface area (Å²) in [7, 11) is 0. The zero-order valence-corrected chi connectivity index (χ0v) is 13.8. The maximum atomic E-state index is 12.7. The zero-order chi connectivity index (χ0) is 16.1. The number of hydrogen-bond acceptors (Lipinski definition) is 4. The summed E-state index contributed by atoms with van der Waals surface area (Å²) in [5.41, 5.74) is 6.18. The van der Waals surface area contributed by atoms with Crippen molar-refractivity contribution in [2.75, 3.05) is 18.8 Å². The molecule has 22 heavy (non-hydrogen) atoms. The van der Waals surface area contributed by atoms with Crippen molar-refractivity contribution in [2.45, 2.75) is 52.2 Å². The van der Waals surface area contributed by atoms with Crippen LogP contribution in [0.2, 0.25) is 0 Å². The Morgan fingerprint density at radius 3 is 2.82 bits per heavy atom. The van der Waals surface area contributed by atoms with Crippen LogP contribution in [0.15, 0.2) is 18.3 Å². The molecule has 0 aromatic carbocycles. The highest BCUT2D eigenvalue weighted by molar-refractivity contribution is 5.94. The Hall–Kier alpha value is -1.62. The molecule has 1 aliphatic heterocycles. The van der Waals surface area contributed by atoms with Crippen LogP contribution in [-0.4, -0.2) is 41.1 Å². The minimum absolute atomic E-state index is 0.0166. The molecule has 5 heteroatoms. The van der Waals surface area contributed by atoms with Gasteiger partial charge in [-0.25, -0.2) is 4.98 Å². The molecule has 122 valence electrons. The molecule has 2 rings (SSSR count). The molecule has 0 aliphatic carbocycles. The molecule has 1 aromatic rings. The summed E-state index contributed by atoms with van der Waals surface area (Å²) in [5, 5.41) is 0. The molecule has 2 heterocycles. The third kappa shape index (κ3) is 4.19. The number of anilines is 1. The largest absolute Gasteiger partial charge is 0.384 e. The van der Waals surface area contributed by atoms with Crippen molar-refractivity contribution in [1.82, 2.24) is 9.88 Å². The highest BCUT2D eigenvalue weighted by atomic mass is 16.5. The SMILES string of the molecule is CCCC[C@@H]1CN(C(=O)c2ccc(N)nc2)C[C@H](C(C)C)O1. The fourth-order valence-corrected chi connectivity index (χ4v) is 2.71. The maximum Gasteiger partial charge on any atom is 0.255 e. The number of nitrogens with two attached hydrogens (primary N) is 1. The summed E-state index contributed by atoms with van der Waals surface area (Å²) in [6.45, 7) is 7.75. The number of aromatic nitrogens is 1. The highest BCUT2D eigenvalue weighted by Gasteiger charge is 2.32. The summed E-state index contributed by atoms with van der Waals surface area (Å²) in [4.78, 5) is 18.6. The van der Waals surface area contributed by atoms with Gasteiger partial charge in [0.05, 0.1) is 17.8 Å². The first-order chi connectivity index (χ1) is 10.5. The Labute approximate surface area is 132 Å². The lowest BCUT2D eigenvalue weighted by atomic mass is 10.0. The van der Waals surface area contributed by atoms with E-state index in [1.165, 1.54) is 0 Å². The molecule has 0 radical (unpaired) electrons. The van der Waals surface area contributed by atoms with E-state index in [0.29, 0.717) is 30.4 Å². The second-order valence-electron chi connectivity index (χ2n) is 6.36. The number of hydrogen-bond donors (Lipinski definition) is 1. The summed E-state index contributed by atoms with van der Waals surface area (Å²) in [6, 6.07) is 3.41. The fraction of sp³-hybridized carbons (Fsp3) is 0.647. The second-order valence-corrected chi connectivity index (χ2v) is 6.36. The maximum absolute atomic E-state index is 12.7. The van der Waals surface area contributed by atoms with Crippen LogP contribution >= 0.6 is 0 Å². The number of nitrogen functional groups attached to an aromatic ring is 1. The van der Waals surface area contributed by atoms with Gasteiger partial charge in [0.1, 0.15) is 5.82 Å². The first-order valence-electron chi connectivity index (χ1n) is 8.17. The first-order valence-corrected chi connectivity index (χ1v) is 8.17. The van der Waals surface area contributed by atoms with E-state index < -0.39 is 0 Å². The lowest BCUT2D eigenvalue weighted by molar-refractivity contribution is -0.0962. The minimum atomic E-state index is 0.0166. The van der Waals surface area contributed by atoms with E-state index in [0.717, 1.165) is 19.3 Å². The van der Waals surface area contributed by atoms with E-state index in [4.69, 9.17) is 10.5 Å². The number of morpholine rings is 1. The average Bonchev–Trinajstić information content (AvgIpc) is 2.52. The third-order valence-electron chi connectivity index (χ3n) is 4.14. The van der Waals surface area contributed by atoms with Crippen LogP contribution in [0, 0.1) is 5.92 Å². The van der Waals surface area contributed by atoms with Crippen molar-refractivity contribution in [1.29, 1.82) is 0 Å². The Morgan fingerprint density at radius 2 is 2.23 bits per heavy atom. The normalized spacial score (nSPS) is 22.1. The molecule has 0 spiro atoms. The number of unbranched alkanes of at least 4 members (excludes halogenated alkanes) is 1. The van der Waals surface area contributed by atoms with Gasteiger partial charge in [-0.2, -0.15) is 0 Å². The van der Waals surface area contributed by atoms with Crippen molar-refractivity contribution in [3.63, 3.8) is 0 Å². The Bertz CT molecular complexity index is 487. The smallest absolute Gasteiger partial charge is 0.255 e. The molecule has 0 saturated carbocycles. The van der Waals surface area contributed by atoms with Crippen LogP contribution in [0.5, 0.6) is 0 Å². The van der Waals surface area contributed by atoms with Crippen LogP contribution in [0.3, 0.4) is 0 Å². The third-order valence-corrected chi connectivity index (χ3v) is 4.14. The number of rotatable bonds is 5. The average molecular weight is 305 g/mol. The van der Waals surface area contributed by atoms with Gasteiger partial charge in [0, 0.05) is 19.3 Å². The molecule has 5 nitrogen and oxygen atoms in total. The number of ether oxygens (including phenoxy) is 1. The monoisotopic (exact) mass is 305 g/mol. The zero-order valence-electron chi connectivity index (χ0n) is 13.8. The number of nitrogens with zero attached hydrogens (tertiary/aromatic N) is 2. The molecule has 0 unspecified atom stereocenters. The molecule has 1 aromatic heterocycles. The predicted octanol–water partition coefficient (Wildman–Crippen LogP) is 2.72. The number of amides is 1. The van der Waals surface area contributed by atoms with E-state index in [1.54, 1.807) is 18.3 Å². The topological polar surface area (TPSA) is 68.5 Å². The lowest BCUT2D eigenvalue weighted by Crippen LogP contribution is -2.51. The molecule has 1 fully saturated rings. The van der Waals surface area contributed by atoms with Crippen molar-refractivity contribution < 1.29 is 9.53 Å². The van der Waals surface area contributed by atoms with Crippen LogP contribution in [0.4, 0.5) is 5.82 Å². The van der Waals surface area contributed by atoms with E-state index in [2.05, 4.69) is 25.8 Å². The molecule has 1 saturated heterocycles. The van der Waals surface area contributed by atoms with Crippen molar-refractivity contribution in [2.24, 2.45) is 5.92 Å². The van der Waals surface area contributed by atoms with E-state index in [-0.39, 0.29) is 18.1 Å². The fourth-order valence-electron chi connectivity index (χ4n) is 2.71. The molecule has 1 aliphatic rings. The van der Waals surface area contributed by atoms with Crippen LogP contribution < -0.4 is 5.73 Å². The second kappa shape index (κ2) is 7.58. The number of pyridine rings is 1. The van der Waals surface area contributed by atoms with Gasteiger partial charge in [-0.05, 0) is 24.5 Å². The molecule has 1 amide bonds. The van der Waals surface area contributed by atoms with Gasteiger partial charge in [-0.1, -0.05) is 33.6 Å². The van der Waals surface area contributed by atoms with Crippen molar-refractivity contribution in [3.8, 4) is 0 Å². The standard InChI is InChI=1S/C17H27N3O2/c1-4-5-6-14-10-20(11-15(22-14)12(2)3)17(21)13-7-8-16(18)19-9-13/h7-9,12,14-15H,4-6,10-11H2,1-3H3,(H2,18,19)/t14-,15-/m1/s1. The Morgan fingerprint density at radius 1 is 1.45 bits per heavy atom. The van der Waals surface area contributed by atoms with Crippen molar-refractivity contribution >= 4 is 11.7 Å². The predicted molar refractivity (Wildman–Crippen MR) is 87.6 cm³/mol. The first kappa shape index (κ1) is 16.7. The van der Waals surface area contributed by atoms with E-state index in [1.807, 2.05) is 4.90 Å². The van der Waals surface area contributed by atoms with Gasteiger partial charge in [0.2, 0.25) is 0 Å². The van der Waals surface area contributed by atoms with Crippen LogP contribution in [0.1, 0.15) is 50.4 Å². The quantitative estimate of drug-likeness (QED) is 0.908. The summed E-state index contributed by atoms with van der Waals surface area (Å²) in [5.74, 6) is 0.839. The van der Waals surface area contributed by atoms with Crippen LogP contribution in [0.25, 0.3) is 0 Å². The van der Waals surface area contributed by atoms with Gasteiger partial charge in [-0.3, -0.25) is 4.79 Å². The van der Waals surface area contributed by atoms with E-state index in [9.17, 15) is 4.79 Å². The van der Waals surface area contributed by atoms with Crippen LogP contribution in [-0.2, 0) is 4.74 Å². The molecule has 0 bridgehead atoms. The minimum Gasteiger partial charge on any atom is -0.384 e. The molecular weight excluding hydrogens is 278 g/mol. The Balaban J connectivity index is 2.09. The lowest BCUT2D eigenvalue weighted by Gasteiger charge is -2.40. The van der Waals surface area contributed by atoms with Gasteiger partial charge in [-0.15, -0.1) is 0 Å². The number of carbonyl (C=O) groups is 1. The molecule has 2 atom stereocenters. The van der Waals surface area contributed by atoms with Gasteiger partial charge >= 0.3 is 0 Å². The van der Waals surface area contributed by atoms with Gasteiger partial charge < -0.3 is 15.4 Å². The van der Waals surface area contributed by atoms with Gasteiger partial charge in [0.25, 0.3) is 5.91 Å². The molecule has 2 N–H and O–H groups in total. The van der Waals surface area contributed by atoms with Gasteiger partial charge in [0.15, 0.2) is 0 Å².